The van der Waals surface area contributed by atoms with E-state index in [-0.39, 0.29) is 0 Å². The van der Waals surface area contributed by atoms with Crippen molar-refractivity contribution < 1.29 is 4.74 Å². The van der Waals surface area contributed by atoms with Crippen LogP contribution in [-0.4, -0.2) is 4.98 Å². The molecule has 2 aromatic rings. The Morgan fingerprint density at radius 1 is 1.13 bits per heavy atom. The van der Waals surface area contributed by atoms with Gasteiger partial charge in [0.2, 0.25) is 5.88 Å². The quantitative estimate of drug-likeness (QED) is 0.736. The lowest BCUT2D eigenvalue weighted by molar-refractivity contribution is 0.462. The molecule has 0 amide bonds. The van der Waals surface area contributed by atoms with E-state index in [0.717, 1.165) is 11.3 Å². The summed E-state index contributed by atoms with van der Waals surface area (Å²) in [6.07, 6.45) is 1.70. The summed E-state index contributed by atoms with van der Waals surface area (Å²) in [5, 5.41) is 0. The first-order valence-electron chi connectivity index (χ1n) is 4.62. The maximum absolute atomic E-state index is 5.73. The third kappa shape index (κ3) is 2.70. The number of rotatable bonds is 3. The van der Waals surface area contributed by atoms with Crippen molar-refractivity contribution in [2.75, 3.05) is 0 Å². The highest BCUT2D eigenvalue weighted by atomic mass is 35.5. The molecule has 0 spiro atoms. The van der Waals surface area contributed by atoms with Gasteiger partial charge in [-0.25, -0.2) is 4.98 Å². The number of halogens is 1. The van der Waals surface area contributed by atoms with E-state index < -0.39 is 0 Å². The Morgan fingerprint density at radius 3 is 2.80 bits per heavy atom. The monoisotopic (exact) mass is 219 g/mol. The van der Waals surface area contributed by atoms with Gasteiger partial charge in [0.25, 0.3) is 0 Å². The van der Waals surface area contributed by atoms with Crippen LogP contribution in [0.25, 0.3) is 0 Å². The molecule has 2 nitrogen and oxygen atoms in total. The fourth-order valence-corrected chi connectivity index (χ4v) is 1.39. The highest BCUT2D eigenvalue weighted by molar-refractivity contribution is 6.17. The van der Waals surface area contributed by atoms with E-state index >= 15 is 0 Å². The SMILES string of the molecule is ClCc1cccc(Oc2ccccn2)c1. The predicted octanol–water partition coefficient (Wildman–Crippen LogP) is 3.61. The van der Waals surface area contributed by atoms with Gasteiger partial charge in [-0.1, -0.05) is 18.2 Å². The summed E-state index contributed by atoms with van der Waals surface area (Å²) in [6, 6.07) is 13.2. The van der Waals surface area contributed by atoms with E-state index in [4.69, 9.17) is 16.3 Å². The van der Waals surface area contributed by atoms with Crippen LogP contribution in [0.15, 0.2) is 48.7 Å². The molecule has 15 heavy (non-hydrogen) atoms. The Kier molecular flexibility index (Phi) is 3.20. The van der Waals surface area contributed by atoms with Crippen molar-refractivity contribution in [3.63, 3.8) is 0 Å². The molecule has 0 saturated heterocycles. The standard InChI is InChI=1S/C12H10ClNO/c13-9-10-4-3-5-11(8-10)15-12-6-1-2-7-14-12/h1-8H,9H2. The van der Waals surface area contributed by atoms with Crippen molar-refractivity contribution in [2.45, 2.75) is 5.88 Å². The Balaban J connectivity index is 2.17. The van der Waals surface area contributed by atoms with Gasteiger partial charge in [-0.15, -0.1) is 11.6 Å². The minimum atomic E-state index is 0.486. The molecular formula is C12H10ClNO. The Morgan fingerprint density at radius 2 is 2.07 bits per heavy atom. The Hall–Kier alpha value is -1.54. The van der Waals surface area contributed by atoms with Crippen molar-refractivity contribution >= 4 is 11.6 Å². The minimum absolute atomic E-state index is 0.486. The van der Waals surface area contributed by atoms with Crippen LogP contribution in [0.5, 0.6) is 11.6 Å². The number of hydrogen-bond acceptors (Lipinski definition) is 2. The molecule has 1 aromatic heterocycles. The molecule has 0 unspecified atom stereocenters. The number of aromatic nitrogens is 1. The molecule has 2 rings (SSSR count). The smallest absolute Gasteiger partial charge is 0.219 e. The highest BCUT2D eigenvalue weighted by Crippen LogP contribution is 2.20. The number of pyridine rings is 1. The van der Waals surface area contributed by atoms with Crippen LogP contribution >= 0.6 is 11.6 Å². The summed E-state index contributed by atoms with van der Waals surface area (Å²) in [7, 11) is 0. The molecule has 0 aliphatic carbocycles. The largest absolute Gasteiger partial charge is 0.439 e. The maximum Gasteiger partial charge on any atom is 0.219 e. The first kappa shape index (κ1) is 9.99. The summed E-state index contributed by atoms with van der Waals surface area (Å²) in [5.74, 6) is 1.83. The average Bonchev–Trinajstić information content (AvgIpc) is 2.31. The number of hydrogen-bond donors (Lipinski definition) is 0. The maximum atomic E-state index is 5.73. The van der Waals surface area contributed by atoms with Gasteiger partial charge in [0.1, 0.15) is 5.75 Å². The van der Waals surface area contributed by atoms with Gasteiger partial charge < -0.3 is 4.74 Å². The third-order valence-electron chi connectivity index (χ3n) is 1.91. The Labute approximate surface area is 93.5 Å². The van der Waals surface area contributed by atoms with Crippen LogP contribution in [0.2, 0.25) is 0 Å². The molecule has 1 heterocycles. The van der Waals surface area contributed by atoms with Gasteiger partial charge in [0, 0.05) is 18.1 Å². The van der Waals surface area contributed by atoms with Crippen LogP contribution < -0.4 is 4.74 Å². The van der Waals surface area contributed by atoms with E-state index in [2.05, 4.69) is 4.98 Å². The van der Waals surface area contributed by atoms with E-state index in [0.29, 0.717) is 11.8 Å². The van der Waals surface area contributed by atoms with Crippen LogP contribution in [0, 0.1) is 0 Å². The van der Waals surface area contributed by atoms with Crippen LogP contribution in [0.3, 0.4) is 0 Å². The molecule has 0 radical (unpaired) electrons. The first-order valence-corrected chi connectivity index (χ1v) is 5.16. The van der Waals surface area contributed by atoms with Crippen LogP contribution in [0.4, 0.5) is 0 Å². The van der Waals surface area contributed by atoms with Gasteiger partial charge in [0.05, 0.1) is 0 Å². The molecule has 3 heteroatoms. The lowest BCUT2D eigenvalue weighted by Crippen LogP contribution is -1.87. The molecule has 0 atom stereocenters. The van der Waals surface area contributed by atoms with Crippen molar-refractivity contribution in [1.29, 1.82) is 0 Å². The van der Waals surface area contributed by atoms with Gasteiger partial charge in [0.15, 0.2) is 0 Å². The number of ether oxygens (including phenoxy) is 1. The number of benzene rings is 1. The topological polar surface area (TPSA) is 22.1 Å². The number of nitrogens with zero attached hydrogens (tertiary/aromatic N) is 1. The van der Waals surface area contributed by atoms with Crippen molar-refractivity contribution in [1.82, 2.24) is 4.98 Å². The van der Waals surface area contributed by atoms with Gasteiger partial charge in [-0.05, 0) is 23.8 Å². The fraction of sp³-hybridized carbons (Fsp3) is 0.0833. The number of alkyl halides is 1. The zero-order valence-electron chi connectivity index (χ0n) is 8.06. The lowest BCUT2D eigenvalue weighted by Gasteiger charge is -2.04. The van der Waals surface area contributed by atoms with Crippen LogP contribution in [-0.2, 0) is 5.88 Å². The van der Waals surface area contributed by atoms with Crippen molar-refractivity contribution in [2.24, 2.45) is 0 Å². The Bertz CT molecular complexity index is 431. The summed E-state index contributed by atoms with van der Waals surface area (Å²) >= 11 is 5.73. The molecule has 0 aliphatic heterocycles. The fourth-order valence-electron chi connectivity index (χ4n) is 1.22. The molecule has 1 aromatic carbocycles. The minimum Gasteiger partial charge on any atom is -0.439 e. The van der Waals surface area contributed by atoms with Crippen molar-refractivity contribution in [3.8, 4) is 11.6 Å². The van der Waals surface area contributed by atoms with E-state index in [9.17, 15) is 0 Å². The molecule has 76 valence electrons. The van der Waals surface area contributed by atoms with E-state index in [1.165, 1.54) is 0 Å². The average molecular weight is 220 g/mol. The van der Waals surface area contributed by atoms with Gasteiger partial charge in [-0.3, -0.25) is 0 Å². The third-order valence-corrected chi connectivity index (χ3v) is 2.22. The zero-order valence-corrected chi connectivity index (χ0v) is 8.82. The lowest BCUT2D eigenvalue weighted by atomic mass is 10.2. The second kappa shape index (κ2) is 4.80. The molecule has 0 bridgehead atoms. The van der Waals surface area contributed by atoms with Crippen molar-refractivity contribution in [3.05, 3.63) is 54.2 Å². The zero-order chi connectivity index (χ0) is 10.5. The first-order chi connectivity index (χ1) is 7.38. The molecule has 0 aliphatic rings. The molecule has 0 N–H and O–H groups in total. The summed E-state index contributed by atoms with van der Waals surface area (Å²) < 4.78 is 5.55. The predicted molar refractivity (Wildman–Crippen MR) is 60.3 cm³/mol. The summed E-state index contributed by atoms with van der Waals surface area (Å²) in [6.45, 7) is 0. The normalized spacial score (nSPS) is 9.93. The molecule has 0 saturated carbocycles. The summed E-state index contributed by atoms with van der Waals surface area (Å²) in [5.41, 5.74) is 1.03. The second-order valence-corrected chi connectivity index (χ2v) is 3.32. The second-order valence-electron chi connectivity index (χ2n) is 3.05. The highest BCUT2D eigenvalue weighted by Gasteiger charge is 1.98. The van der Waals surface area contributed by atoms with E-state index in [1.807, 2.05) is 42.5 Å². The molecular weight excluding hydrogens is 210 g/mol. The van der Waals surface area contributed by atoms with E-state index in [1.54, 1.807) is 6.20 Å². The summed E-state index contributed by atoms with van der Waals surface area (Å²) in [4.78, 5) is 4.07. The van der Waals surface area contributed by atoms with Crippen LogP contribution in [0.1, 0.15) is 5.56 Å². The molecule has 0 fully saturated rings. The van der Waals surface area contributed by atoms with Gasteiger partial charge in [-0.2, -0.15) is 0 Å². The van der Waals surface area contributed by atoms with Gasteiger partial charge >= 0.3 is 0 Å².